The maximum atomic E-state index is 11.1. The Kier molecular flexibility index (Phi) is 24.4. The van der Waals surface area contributed by atoms with Crippen molar-refractivity contribution in [2.45, 2.75) is 155 Å². The molecule has 3 aromatic heterocycles. The van der Waals surface area contributed by atoms with E-state index in [9.17, 15) is 15.6 Å². The molecule has 320 valence electrons. The van der Waals surface area contributed by atoms with Crippen molar-refractivity contribution in [2.75, 3.05) is 19.6 Å². The number of aromatic nitrogens is 9. The average molecular weight is 807 g/mol. The molecule has 0 radical (unpaired) electrons. The molecule has 0 bridgehead atoms. The molecule has 0 saturated heterocycles. The molecule has 0 amide bonds. The molecular weight excluding hydrogens is 741 g/mol. The van der Waals surface area contributed by atoms with Crippen LogP contribution >= 0.6 is 0 Å². The lowest BCUT2D eigenvalue weighted by atomic mass is 10.1. The molecule has 0 atom stereocenters. The predicted octanol–water partition coefficient (Wildman–Crippen LogP) is 8.00. The maximum absolute atomic E-state index is 11.1. The number of unbranched alkanes of at least 4 members (excludes halogenated alkanes) is 15. The van der Waals surface area contributed by atoms with Crippen LogP contribution in [-0.2, 0) is 39.3 Å². The topological polar surface area (TPSA) is 211 Å². The van der Waals surface area contributed by atoms with Gasteiger partial charge in [0.2, 0.25) is 18.6 Å². The van der Waals surface area contributed by atoms with Gasteiger partial charge in [0.15, 0.2) is 0 Å². The molecule has 3 aromatic rings. The third-order valence-electron chi connectivity index (χ3n) is 9.49. The molecule has 0 spiro atoms. The fourth-order valence-electron chi connectivity index (χ4n) is 6.37. The van der Waals surface area contributed by atoms with Crippen molar-refractivity contribution in [3.63, 3.8) is 0 Å². The van der Waals surface area contributed by atoms with Gasteiger partial charge in [0.1, 0.15) is 19.6 Å². The Bertz CT molecular complexity index is 1470. The van der Waals surface area contributed by atoms with Crippen LogP contribution in [0.3, 0.4) is 0 Å². The van der Waals surface area contributed by atoms with Gasteiger partial charge in [-0.3, -0.25) is 18.9 Å². The smallest absolute Gasteiger partial charge is 0.202 e. The van der Waals surface area contributed by atoms with Gasteiger partial charge in [0.25, 0.3) is 0 Å². The number of azo groups is 3. The minimum absolute atomic E-state index is 0.524. The van der Waals surface area contributed by atoms with Gasteiger partial charge in [0, 0.05) is 57.9 Å². The fraction of sp³-hybridized carbons (Fsp3) is 0.692. The number of aryl methyl sites for hydroxylation is 3. The molecule has 0 aliphatic heterocycles. The summed E-state index contributed by atoms with van der Waals surface area (Å²) in [7, 11) is 0. The summed E-state index contributed by atoms with van der Waals surface area (Å²) in [6.07, 6.45) is 28.6. The van der Waals surface area contributed by atoms with Crippen LogP contribution in [0.1, 0.15) is 133 Å². The van der Waals surface area contributed by atoms with Gasteiger partial charge in [-0.15, -0.1) is 15.3 Å². The highest BCUT2D eigenvalue weighted by atomic mass is 16.5. The van der Waals surface area contributed by atoms with Gasteiger partial charge in [-0.05, 0) is 73.6 Å². The molecule has 58 heavy (non-hydrogen) atoms. The zero-order valence-corrected chi connectivity index (χ0v) is 34.6. The van der Waals surface area contributed by atoms with Crippen molar-refractivity contribution in [3.8, 4) is 0 Å². The number of hydrogen-bond acceptors (Lipinski definition) is 13. The van der Waals surface area contributed by atoms with E-state index in [4.69, 9.17) is 0 Å². The van der Waals surface area contributed by atoms with E-state index in [1.54, 1.807) is 0 Å². The van der Waals surface area contributed by atoms with Crippen LogP contribution in [0.25, 0.3) is 0 Å². The number of hydrogen-bond donors (Lipinski definition) is 0. The second-order valence-corrected chi connectivity index (χ2v) is 14.5. The summed E-state index contributed by atoms with van der Waals surface area (Å²) in [6.45, 7) is 16.0. The molecule has 3 heterocycles. The van der Waals surface area contributed by atoms with E-state index in [2.05, 4.69) is 70.9 Å². The van der Waals surface area contributed by atoms with Crippen molar-refractivity contribution in [1.82, 2.24) is 49.9 Å². The van der Waals surface area contributed by atoms with E-state index in [1.807, 2.05) is 32.6 Å². The lowest BCUT2D eigenvalue weighted by Crippen LogP contribution is -2.23. The van der Waals surface area contributed by atoms with Gasteiger partial charge in [-0.1, -0.05) is 107 Å². The number of nitrogens with zero attached hydrogens (tertiary/aromatic N) is 16. The van der Waals surface area contributed by atoms with Gasteiger partial charge in [-0.25, -0.2) is 0 Å². The Morgan fingerprint density at radius 1 is 0.448 bits per heavy atom. The van der Waals surface area contributed by atoms with Crippen LogP contribution in [0.5, 0.6) is 0 Å². The van der Waals surface area contributed by atoms with Gasteiger partial charge < -0.3 is 15.6 Å². The Morgan fingerprint density at radius 3 is 0.983 bits per heavy atom. The molecule has 0 unspecified atom stereocenters. The highest BCUT2D eigenvalue weighted by molar-refractivity contribution is 5.00. The SMILES string of the molecule is C=C[N+]([O-])=NCCCCCCCCn1cc(CN(Cc2cn(CCCCCCCCN=[N+]([O-])C=C)nn2)Cc2cn(CCCCCCCCN=[N+]([O-])C=C)nn2)nn1. The molecule has 0 N–H and O–H groups in total. The third-order valence-corrected chi connectivity index (χ3v) is 9.49. The quantitative estimate of drug-likeness (QED) is 0.0239. The van der Waals surface area contributed by atoms with E-state index >= 15 is 0 Å². The molecule has 0 aromatic carbocycles. The molecule has 0 aliphatic carbocycles. The minimum Gasteiger partial charge on any atom is -0.595 e. The first-order valence-corrected chi connectivity index (χ1v) is 21.1. The van der Waals surface area contributed by atoms with Gasteiger partial charge in [-0.2, -0.15) is 0 Å². The van der Waals surface area contributed by atoms with Crippen molar-refractivity contribution < 1.29 is 14.6 Å². The Balaban J connectivity index is 1.45. The minimum atomic E-state index is 0.524. The lowest BCUT2D eigenvalue weighted by Gasteiger charge is -2.18. The number of hydroxylamine groups is 3. The summed E-state index contributed by atoms with van der Waals surface area (Å²) in [5.74, 6) is 0. The zero-order valence-electron chi connectivity index (χ0n) is 34.6. The van der Waals surface area contributed by atoms with Crippen molar-refractivity contribution in [3.05, 3.63) is 89.6 Å². The Morgan fingerprint density at radius 2 is 0.707 bits per heavy atom. The summed E-state index contributed by atoms with van der Waals surface area (Å²) in [4.78, 5) is 3.83. The van der Waals surface area contributed by atoms with Crippen LogP contribution < -0.4 is 0 Å². The second kappa shape index (κ2) is 30.0. The van der Waals surface area contributed by atoms with Gasteiger partial charge in [0.05, 0.1) is 17.1 Å². The molecular formula is C39H66N16O3. The first-order valence-electron chi connectivity index (χ1n) is 21.1. The Hall–Kier alpha value is -5.20. The van der Waals surface area contributed by atoms with E-state index in [1.165, 1.54) is 18.6 Å². The molecule has 0 saturated carbocycles. The first-order chi connectivity index (χ1) is 28.4. The number of rotatable bonds is 36. The van der Waals surface area contributed by atoms with E-state index < -0.39 is 0 Å². The van der Waals surface area contributed by atoms with E-state index in [-0.39, 0.29) is 0 Å². The van der Waals surface area contributed by atoms with Crippen LogP contribution in [0.15, 0.2) is 72.3 Å². The molecule has 19 heteroatoms. The van der Waals surface area contributed by atoms with Crippen molar-refractivity contribution in [2.24, 2.45) is 15.3 Å². The van der Waals surface area contributed by atoms with E-state index in [0.29, 0.717) is 53.9 Å². The molecule has 3 rings (SSSR count). The van der Waals surface area contributed by atoms with Crippen LogP contribution in [0.4, 0.5) is 0 Å². The summed E-state index contributed by atoms with van der Waals surface area (Å²) in [5.41, 5.74) is 2.65. The second-order valence-electron chi connectivity index (χ2n) is 14.5. The molecule has 0 aliphatic rings. The average Bonchev–Trinajstić information content (AvgIpc) is 4.00. The van der Waals surface area contributed by atoms with Crippen LogP contribution in [0, 0.1) is 15.6 Å². The largest absolute Gasteiger partial charge is 0.595 e. The highest BCUT2D eigenvalue weighted by Crippen LogP contribution is 2.14. The maximum Gasteiger partial charge on any atom is 0.202 e. The monoisotopic (exact) mass is 807 g/mol. The van der Waals surface area contributed by atoms with Gasteiger partial charge >= 0.3 is 0 Å². The standard InChI is InChI=1S/C39H66N16O3/c1-4-53(56)40-25-19-13-7-10-16-22-28-50-34-37(43-46-50)31-49(32-38-35-51(47-44-38)29-23-17-11-8-14-20-26-41-54(57)5-2)33-39-36-52(48-45-39)30-24-18-12-9-15-21-27-42-55(58)6-3/h4-6,34-36H,1-3,7-33H2. The summed E-state index contributed by atoms with van der Waals surface area (Å²) < 4.78 is 5.77. The summed E-state index contributed by atoms with van der Waals surface area (Å²) >= 11 is 0. The Labute approximate surface area is 343 Å². The highest BCUT2D eigenvalue weighted by Gasteiger charge is 2.15. The lowest BCUT2D eigenvalue weighted by molar-refractivity contribution is -0.458. The van der Waals surface area contributed by atoms with Crippen LogP contribution in [-0.4, -0.2) is 84.1 Å². The predicted molar refractivity (Wildman–Crippen MR) is 219 cm³/mol. The molecule has 19 nitrogen and oxygen atoms in total. The fourth-order valence-corrected chi connectivity index (χ4v) is 6.37. The first kappa shape index (κ1) is 47.2. The van der Waals surface area contributed by atoms with Crippen molar-refractivity contribution in [1.29, 1.82) is 0 Å². The zero-order chi connectivity index (χ0) is 41.5. The van der Waals surface area contributed by atoms with E-state index in [0.717, 1.165) is 152 Å². The van der Waals surface area contributed by atoms with Crippen molar-refractivity contribution >= 4 is 0 Å². The third kappa shape index (κ3) is 21.9. The molecule has 0 fully saturated rings. The summed E-state index contributed by atoms with van der Waals surface area (Å²) in [5, 5.41) is 71.6. The normalized spacial score (nSPS) is 12.5. The van der Waals surface area contributed by atoms with Crippen LogP contribution in [0.2, 0.25) is 0 Å². The summed E-state index contributed by atoms with van der Waals surface area (Å²) in [6, 6.07) is 0.